The Morgan fingerprint density at radius 2 is 2.20 bits per heavy atom. The van der Waals surface area contributed by atoms with Crippen LogP contribution < -0.4 is 5.32 Å². The standard InChI is InChI=1S/C6H10NO3/c1-3-5(8)7-4-6(9)10-2/h3H,4H2,1-2H3,(H,7,8). The Hall–Kier alpha value is -1.06. The van der Waals surface area contributed by atoms with Crippen molar-refractivity contribution in [1.82, 2.24) is 5.32 Å². The first-order valence-electron chi connectivity index (χ1n) is 2.84. The molecule has 57 valence electrons. The van der Waals surface area contributed by atoms with E-state index in [0.29, 0.717) is 0 Å². The fourth-order valence-corrected chi connectivity index (χ4v) is 0.334. The van der Waals surface area contributed by atoms with Crippen LogP contribution in [0.3, 0.4) is 0 Å². The lowest BCUT2D eigenvalue weighted by Crippen LogP contribution is -2.29. The van der Waals surface area contributed by atoms with Gasteiger partial charge < -0.3 is 10.1 Å². The second-order valence-electron chi connectivity index (χ2n) is 1.58. The first-order chi connectivity index (χ1) is 4.70. The van der Waals surface area contributed by atoms with Crippen LogP contribution in [0.5, 0.6) is 0 Å². The van der Waals surface area contributed by atoms with Crippen LogP contribution in [-0.2, 0) is 14.3 Å². The molecular weight excluding hydrogens is 134 g/mol. The molecule has 0 rings (SSSR count). The molecule has 0 aliphatic carbocycles. The second kappa shape index (κ2) is 4.78. The fraction of sp³-hybridized carbons (Fsp3) is 0.500. The molecule has 0 saturated carbocycles. The summed E-state index contributed by atoms with van der Waals surface area (Å²) in [5, 5.41) is 2.31. The van der Waals surface area contributed by atoms with E-state index in [-0.39, 0.29) is 12.5 Å². The first-order valence-corrected chi connectivity index (χ1v) is 2.84. The van der Waals surface area contributed by atoms with Crippen molar-refractivity contribution in [2.45, 2.75) is 6.92 Å². The number of esters is 1. The van der Waals surface area contributed by atoms with E-state index in [0.717, 1.165) is 0 Å². The van der Waals surface area contributed by atoms with Crippen molar-refractivity contribution >= 4 is 11.9 Å². The van der Waals surface area contributed by atoms with E-state index in [4.69, 9.17) is 0 Å². The van der Waals surface area contributed by atoms with Gasteiger partial charge in [0.15, 0.2) is 0 Å². The van der Waals surface area contributed by atoms with Gasteiger partial charge in [-0.3, -0.25) is 9.59 Å². The van der Waals surface area contributed by atoms with Crippen molar-refractivity contribution < 1.29 is 14.3 Å². The minimum absolute atomic E-state index is 0.0698. The van der Waals surface area contributed by atoms with Gasteiger partial charge in [-0.2, -0.15) is 0 Å². The van der Waals surface area contributed by atoms with Crippen LogP contribution in [0, 0.1) is 6.42 Å². The third-order valence-electron chi connectivity index (χ3n) is 0.897. The van der Waals surface area contributed by atoms with Crippen LogP contribution in [-0.4, -0.2) is 25.5 Å². The SMILES string of the molecule is C[CH]C(=O)NCC(=O)OC. The summed E-state index contributed by atoms with van der Waals surface area (Å²) in [6, 6.07) is 0. The molecule has 0 aliphatic rings. The van der Waals surface area contributed by atoms with Crippen molar-refractivity contribution in [3.63, 3.8) is 0 Å². The number of amides is 1. The molecule has 0 aromatic heterocycles. The van der Waals surface area contributed by atoms with Crippen LogP contribution in [0.2, 0.25) is 0 Å². The Morgan fingerprint density at radius 3 is 2.60 bits per heavy atom. The highest BCUT2D eigenvalue weighted by Gasteiger charge is 2.01. The van der Waals surface area contributed by atoms with E-state index in [2.05, 4.69) is 10.1 Å². The molecule has 1 radical (unpaired) electrons. The summed E-state index contributed by atoms with van der Waals surface area (Å²) < 4.78 is 4.28. The van der Waals surface area contributed by atoms with Gasteiger partial charge in [0, 0.05) is 6.42 Å². The van der Waals surface area contributed by atoms with Gasteiger partial charge in [0.05, 0.1) is 7.11 Å². The van der Waals surface area contributed by atoms with Gasteiger partial charge in [-0.25, -0.2) is 0 Å². The van der Waals surface area contributed by atoms with Crippen LogP contribution in [0.25, 0.3) is 0 Å². The highest BCUT2D eigenvalue weighted by molar-refractivity contribution is 5.87. The number of rotatable bonds is 3. The fourth-order valence-electron chi connectivity index (χ4n) is 0.334. The van der Waals surface area contributed by atoms with Crippen LogP contribution in [0.4, 0.5) is 0 Å². The van der Waals surface area contributed by atoms with Gasteiger partial charge in [0.25, 0.3) is 0 Å². The Morgan fingerprint density at radius 1 is 1.60 bits per heavy atom. The monoisotopic (exact) mass is 144 g/mol. The summed E-state index contributed by atoms with van der Waals surface area (Å²) >= 11 is 0. The highest BCUT2D eigenvalue weighted by atomic mass is 16.5. The zero-order valence-corrected chi connectivity index (χ0v) is 6.01. The zero-order valence-electron chi connectivity index (χ0n) is 6.01. The predicted molar refractivity (Wildman–Crippen MR) is 35.0 cm³/mol. The van der Waals surface area contributed by atoms with Gasteiger partial charge in [0.2, 0.25) is 5.91 Å². The zero-order chi connectivity index (χ0) is 7.98. The number of hydrogen-bond acceptors (Lipinski definition) is 3. The van der Waals surface area contributed by atoms with Crippen LogP contribution in [0.15, 0.2) is 0 Å². The predicted octanol–water partition coefficient (Wildman–Crippen LogP) is -0.500. The molecule has 0 fully saturated rings. The number of nitrogens with one attached hydrogen (secondary N) is 1. The number of carbonyl (C=O) groups is 2. The Bertz CT molecular complexity index is 117. The van der Waals surface area contributed by atoms with E-state index in [1.54, 1.807) is 6.92 Å². The minimum Gasteiger partial charge on any atom is -0.468 e. The molecule has 10 heavy (non-hydrogen) atoms. The minimum atomic E-state index is -0.449. The summed E-state index contributed by atoms with van der Waals surface area (Å²) in [4.78, 5) is 20.8. The van der Waals surface area contributed by atoms with Crippen molar-refractivity contribution in [3.05, 3.63) is 6.42 Å². The van der Waals surface area contributed by atoms with Gasteiger partial charge in [0.1, 0.15) is 6.54 Å². The first kappa shape index (κ1) is 8.94. The average Bonchev–Trinajstić information content (AvgIpc) is 1.99. The van der Waals surface area contributed by atoms with Gasteiger partial charge >= 0.3 is 5.97 Å². The summed E-state index contributed by atoms with van der Waals surface area (Å²) in [5.41, 5.74) is 0. The lowest BCUT2D eigenvalue weighted by molar-refractivity contribution is -0.140. The molecule has 0 aromatic rings. The number of hydrogen-bond donors (Lipinski definition) is 1. The molecule has 0 aliphatic heterocycles. The summed E-state index contributed by atoms with van der Waals surface area (Å²) in [5.74, 6) is -0.722. The number of methoxy groups -OCH3 is 1. The highest BCUT2D eigenvalue weighted by Crippen LogP contribution is 1.74. The Labute approximate surface area is 59.6 Å². The third kappa shape index (κ3) is 3.88. The molecule has 0 heterocycles. The van der Waals surface area contributed by atoms with Gasteiger partial charge in [-0.15, -0.1) is 0 Å². The lowest BCUT2D eigenvalue weighted by Gasteiger charge is -1.99. The molecule has 4 nitrogen and oxygen atoms in total. The average molecular weight is 144 g/mol. The number of carbonyl (C=O) groups excluding carboxylic acids is 2. The molecule has 0 atom stereocenters. The normalized spacial score (nSPS) is 8.60. The molecule has 1 N–H and O–H groups in total. The molecular formula is C6H10NO3. The molecule has 0 bridgehead atoms. The third-order valence-corrected chi connectivity index (χ3v) is 0.897. The maximum absolute atomic E-state index is 10.5. The summed E-state index contributed by atoms with van der Waals surface area (Å²) in [6.07, 6.45) is 1.34. The van der Waals surface area contributed by atoms with E-state index in [1.165, 1.54) is 13.5 Å². The van der Waals surface area contributed by atoms with Crippen molar-refractivity contribution in [3.8, 4) is 0 Å². The van der Waals surface area contributed by atoms with E-state index in [9.17, 15) is 9.59 Å². The largest absolute Gasteiger partial charge is 0.468 e. The van der Waals surface area contributed by atoms with E-state index in [1.807, 2.05) is 0 Å². The van der Waals surface area contributed by atoms with Crippen molar-refractivity contribution in [1.29, 1.82) is 0 Å². The summed E-state index contributed by atoms with van der Waals surface area (Å²) in [6.45, 7) is 1.52. The lowest BCUT2D eigenvalue weighted by atomic mass is 10.4. The smallest absolute Gasteiger partial charge is 0.325 e. The van der Waals surface area contributed by atoms with E-state index < -0.39 is 5.97 Å². The topological polar surface area (TPSA) is 55.4 Å². The Balaban J connectivity index is 3.35. The Kier molecular flexibility index (Phi) is 4.28. The van der Waals surface area contributed by atoms with E-state index >= 15 is 0 Å². The molecule has 0 aromatic carbocycles. The second-order valence-corrected chi connectivity index (χ2v) is 1.58. The maximum atomic E-state index is 10.5. The molecule has 1 amide bonds. The quantitative estimate of drug-likeness (QED) is 0.543. The number of ether oxygens (including phenoxy) is 1. The molecule has 0 spiro atoms. The molecule has 0 unspecified atom stereocenters. The maximum Gasteiger partial charge on any atom is 0.325 e. The van der Waals surface area contributed by atoms with Gasteiger partial charge in [-0.05, 0) is 0 Å². The van der Waals surface area contributed by atoms with Crippen molar-refractivity contribution in [2.24, 2.45) is 0 Å². The van der Waals surface area contributed by atoms with Crippen LogP contribution >= 0.6 is 0 Å². The van der Waals surface area contributed by atoms with Crippen LogP contribution in [0.1, 0.15) is 6.92 Å². The van der Waals surface area contributed by atoms with Gasteiger partial charge in [-0.1, -0.05) is 6.92 Å². The van der Waals surface area contributed by atoms with Crippen molar-refractivity contribution in [2.75, 3.05) is 13.7 Å². The molecule has 4 heteroatoms. The molecule has 0 saturated heterocycles. The summed E-state index contributed by atoms with van der Waals surface area (Å²) in [7, 11) is 1.27.